The van der Waals surface area contributed by atoms with Crippen molar-refractivity contribution in [3.05, 3.63) is 78.9 Å². The van der Waals surface area contributed by atoms with Crippen LogP contribution in [0.25, 0.3) is 22.2 Å². The summed E-state index contributed by atoms with van der Waals surface area (Å²) in [6, 6.07) is 10.4. The number of hydrogen-bond acceptors (Lipinski definition) is 5. The van der Waals surface area contributed by atoms with Gasteiger partial charge in [-0.2, -0.15) is 0 Å². The Morgan fingerprint density at radius 1 is 1.12 bits per heavy atom. The molecule has 166 valence electrons. The molecular weight excluding hydrogens is 457 g/mol. The number of aromatic nitrogens is 3. The first-order valence-corrected chi connectivity index (χ1v) is 10.7. The molecule has 3 aromatic heterocycles. The maximum Gasteiger partial charge on any atom is 0.331 e. The fourth-order valence-electron chi connectivity index (χ4n) is 4.41. The normalized spacial score (nSPS) is 18.3. The molecule has 32 heavy (non-hydrogen) atoms. The molecule has 4 heterocycles. The highest BCUT2D eigenvalue weighted by Crippen LogP contribution is 2.42. The van der Waals surface area contributed by atoms with Crippen LogP contribution in [0.3, 0.4) is 0 Å². The Balaban J connectivity index is 1.97. The lowest BCUT2D eigenvalue weighted by molar-refractivity contribution is -0.0589. The van der Waals surface area contributed by atoms with Gasteiger partial charge in [0.25, 0.3) is 5.56 Å². The van der Waals surface area contributed by atoms with Crippen LogP contribution in [0.5, 0.6) is 0 Å². The molecule has 1 aromatic carbocycles. The summed E-state index contributed by atoms with van der Waals surface area (Å²) in [4.78, 5) is 26.2. The largest absolute Gasteiger partial charge is 0.446 e. The molecule has 1 aliphatic heterocycles. The molecule has 0 unspecified atom stereocenters. The number of furan rings is 1. The van der Waals surface area contributed by atoms with Gasteiger partial charge >= 0.3 is 5.69 Å². The first-order valence-electron chi connectivity index (χ1n) is 9.91. The zero-order chi connectivity index (χ0) is 22.7. The van der Waals surface area contributed by atoms with E-state index in [1.54, 1.807) is 37.4 Å². The van der Waals surface area contributed by atoms with Crippen LogP contribution in [0.2, 0.25) is 10.2 Å². The SMILES string of the molecule is Cn1c(=O)c2c(-c3cccc(Cl)c3)n3c(c2n(C)c1=O)[C@@H](c1ccc(Cl)o1)O[C@@H](CO)C3. The molecule has 0 bridgehead atoms. The molecule has 0 fully saturated rings. The third kappa shape index (κ3) is 3.06. The first-order chi connectivity index (χ1) is 15.3. The molecule has 1 aliphatic rings. The molecule has 0 amide bonds. The predicted octanol–water partition coefficient (Wildman–Crippen LogP) is 3.09. The fraction of sp³-hybridized carbons (Fsp3) is 0.273. The zero-order valence-electron chi connectivity index (χ0n) is 17.2. The molecule has 0 saturated carbocycles. The average molecular weight is 476 g/mol. The molecule has 0 saturated heterocycles. The number of ether oxygens (including phenoxy) is 1. The quantitative estimate of drug-likeness (QED) is 0.491. The highest BCUT2D eigenvalue weighted by atomic mass is 35.5. The minimum Gasteiger partial charge on any atom is -0.446 e. The summed E-state index contributed by atoms with van der Waals surface area (Å²) in [6.07, 6.45) is -1.36. The van der Waals surface area contributed by atoms with Gasteiger partial charge in [0.15, 0.2) is 11.3 Å². The molecule has 8 nitrogen and oxygen atoms in total. The van der Waals surface area contributed by atoms with Crippen molar-refractivity contribution in [3.63, 3.8) is 0 Å². The van der Waals surface area contributed by atoms with Crippen LogP contribution < -0.4 is 11.2 Å². The maximum absolute atomic E-state index is 13.4. The minimum atomic E-state index is -0.790. The second-order valence-electron chi connectivity index (χ2n) is 7.75. The van der Waals surface area contributed by atoms with Gasteiger partial charge in [-0.1, -0.05) is 23.7 Å². The van der Waals surface area contributed by atoms with E-state index in [9.17, 15) is 14.7 Å². The number of rotatable bonds is 3. The first kappa shape index (κ1) is 21.1. The molecule has 0 aliphatic carbocycles. The van der Waals surface area contributed by atoms with Gasteiger partial charge in [-0.15, -0.1) is 0 Å². The summed E-state index contributed by atoms with van der Waals surface area (Å²) < 4.78 is 16.2. The Labute approximate surface area is 191 Å². The van der Waals surface area contributed by atoms with Crippen molar-refractivity contribution in [1.82, 2.24) is 13.7 Å². The minimum absolute atomic E-state index is 0.178. The predicted molar refractivity (Wildman–Crippen MR) is 120 cm³/mol. The smallest absolute Gasteiger partial charge is 0.331 e. The molecule has 0 radical (unpaired) electrons. The van der Waals surface area contributed by atoms with Crippen LogP contribution in [0.1, 0.15) is 17.6 Å². The van der Waals surface area contributed by atoms with Crippen LogP contribution in [-0.2, 0) is 25.4 Å². The van der Waals surface area contributed by atoms with Crippen LogP contribution in [0.15, 0.2) is 50.4 Å². The number of halogens is 2. The van der Waals surface area contributed by atoms with Gasteiger partial charge in [-0.25, -0.2) is 4.79 Å². The molecule has 1 N–H and O–H groups in total. The van der Waals surface area contributed by atoms with Crippen molar-refractivity contribution in [3.8, 4) is 11.3 Å². The van der Waals surface area contributed by atoms with Gasteiger partial charge in [0.05, 0.1) is 41.5 Å². The molecule has 2 atom stereocenters. The van der Waals surface area contributed by atoms with Gasteiger partial charge in [0.2, 0.25) is 0 Å². The van der Waals surface area contributed by atoms with E-state index in [2.05, 4.69) is 0 Å². The van der Waals surface area contributed by atoms with E-state index in [1.165, 1.54) is 11.6 Å². The molecular formula is C22H19Cl2N3O5. The van der Waals surface area contributed by atoms with Gasteiger partial charge < -0.3 is 18.8 Å². The lowest BCUT2D eigenvalue weighted by Gasteiger charge is -2.31. The summed E-state index contributed by atoms with van der Waals surface area (Å²) in [5, 5.41) is 11.0. The highest BCUT2D eigenvalue weighted by molar-refractivity contribution is 6.31. The second-order valence-corrected chi connectivity index (χ2v) is 8.56. The number of benzene rings is 1. The number of nitrogens with zero attached hydrogens (tertiary/aromatic N) is 3. The van der Waals surface area contributed by atoms with Gasteiger partial charge in [-0.3, -0.25) is 13.9 Å². The van der Waals surface area contributed by atoms with Crippen LogP contribution in [0.4, 0.5) is 0 Å². The number of aliphatic hydroxyl groups excluding tert-OH is 1. The number of hydrogen-bond donors (Lipinski definition) is 1. The lowest BCUT2D eigenvalue weighted by Crippen LogP contribution is -2.37. The Kier molecular flexibility index (Phi) is 5.05. The van der Waals surface area contributed by atoms with Crippen molar-refractivity contribution < 1.29 is 14.3 Å². The summed E-state index contributed by atoms with van der Waals surface area (Å²) >= 11 is 12.3. The summed E-state index contributed by atoms with van der Waals surface area (Å²) in [6.45, 7) is 0.0233. The number of fused-ring (bicyclic) bond motifs is 3. The average Bonchev–Trinajstić information content (AvgIpc) is 3.37. The van der Waals surface area contributed by atoms with Crippen LogP contribution in [0, 0.1) is 0 Å². The molecule has 5 rings (SSSR count). The highest BCUT2D eigenvalue weighted by Gasteiger charge is 2.37. The van der Waals surface area contributed by atoms with E-state index in [0.717, 1.165) is 4.57 Å². The third-order valence-corrected chi connectivity index (χ3v) is 6.26. The third-order valence-electron chi connectivity index (χ3n) is 5.82. The van der Waals surface area contributed by atoms with Crippen molar-refractivity contribution >= 4 is 34.1 Å². The standard InChI is InChI=1S/C22H19Cl2N3O5/c1-25-18-16(21(29)26(2)22(25)30)17(11-4-3-5-12(23)8-11)27-9-13(10-28)31-20(19(18)27)14-6-7-15(24)32-14/h3-8,13,20,28H,9-10H2,1-2H3/t13-,20-/m1/s1. The summed E-state index contributed by atoms with van der Waals surface area (Å²) in [5.74, 6) is 0.402. The molecule has 10 heteroatoms. The summed E-state index contributed by atoms with van der Waals surface area (Å²) in [7, 11) is 3.05. The van der Waals surface area contributed by atoms with Gasteiger partial charge in [0.1, 0.15) is 5.76 Å². The lowest BCUT2D eigenvalue weighted by atomic mass is 10.1. The Hall–Kier alpha value is -2.78. The van der Waals surface area contributed by atoms with Crippen molar-refractivity contribution in [2.75, 3.05) is 6.61 Å². The molecule has 0 spiro atoms. The van der Waals surface area contributed by atoms with Crippen molar-refractivity contribution in [1.29, 1.82) is 0 Å². The zero-order valence-corrected chi connectivity index (χ0v) is 18.7. The van der Waals surface area contributed by atoms with Crippen LogP contribution >= 0.6 is 23.2 Å². The second kappa shape index (κ2) is 7.67. The van der Waals surface area contributed by atoms with Crippen molar-refractivity contribution in [2.45, 2.75) is 18.8 Å². The van der Waals surface area contributed by atoms with E-state index in [-0.39, 0.29) is 18.4 Å². The van der Waals surface area contributed by atoms with Gasteiger partial charge in [0, 0.05) is 24.7 Å². The monoisotopic (exact) mass is 475 g/mol. The Bertz CT molecular complexity index is 1480. The van der Waals surface area contributed by atoms with E-state index >= 15 is 0 Å². The number of aliphatic hydroxyl groups is 1. The van der Waals surface area contributed by atoms with E-state index in [1.807, 2.05) is 10.6 Å². The van der Waals surface area contributed by atoms with E-state index in [4.69, 9.17) is 32.4 Å². The van der Waals surface area contributed by atoms with E-state index < -0.39 is 23.5 Å². The molecule has 4 aromatic rings. The fourth-order valence-corrected chi connectivity index (χ4v) is 4.75. The Morgan fingerprint density at radius 3 is 2.56 bits per heavy atom. The number of aryl methyl sites for hydroxylation is 1. The van der Waals surface area contributed by atoms with Gasteiger partial charge in [-0.05, 0) is 35.9 Å². The topological polar surface area (TPSA) is 91.5 Å². The van der Waals surface area contributed by atoms with Crippen molar-refractivity contribution in [2.24, 2.45) is 14.1 Å². The summed E-state index contributed by atoms with van der Waals surface area (Å²) in [5.41, 5.74) is 1.41. The van der Waals surface area contributed by atoms with E-state index in [0.29, 0.717) is 38.6 Å². The Morgan fingerprint density at radius 2 is 1.91 bits per heavy atom. The maximum atomic E-state index is 13.4. The van der Waals surface area contributed by atoms with Crippen LogP contribution in [-0.4, -0.2) is 31.5 Å².